The normalized spacial score (nSPS) is 19.3. The van der Waals surface area contributed by atoms with Crippen molar-refractivity contribution < 1.29 is 14.3 Å². The fraction of sp³-hybridized carbons (Fsp3) is 0.176. The van der Waals surface area contributed by atoms with Crippen molar-refractivity contribution in [2.24, 2.45) is 4.99 Å². The van der Waals surface area contributed by atoms with Gasteiger partial charge in [0.1, 0.15) is 11.2 Å². The molecule has 2 heterocycles. The van der Waals surface area contributed by atoms with Gasteiger partial charge in [0.2, 0.25) is 0 Å². The van der Waals surface area contributed by atoms with E-state index in [2.05, 4.69) is 19.9 Å². The zero-order valence-electron chi connectivity index (χ0n) is 14.4. The van der Waals surface area contributed by atoms with Gasteiger partial charge >= 0.3 is 0 Å². The number of amides is 1. The number of aromatic nitrogens is 2. The molecule has 136 valence electrons. The summed E-state index contributed by atoms with van der Waals surface area (Å²) in [6, 6.07) is 11.4. The molecular formula is C17H14N6O4. The second-order valence-corrected chi connectivity index (χ2v) is 6.02. The number of hydrazine groups is 1. The first-order valence-electron chi connectivity index (χ1n) is 8.09. The molecule has 0 saturated carbocycles. The number of carbonyl (C=O) groups excluding carboxylic acids is 1. The van der Waals surface area contributed by atoms with Crippen LogP contribution in [0.5, 0.6) is 0 Å². The van der Waals surface area contributed by atoms with Crippen molar-refractivity contribution in [2.75, 3.05) is 12.1 Å². The summed E-state index contributed by atoms with van der Waals surface area (Å²) in [5, 5.41) is 22.0. The number of para-hydroxylation sites is 1. The third kappa shape index (κ3) is 2.62. The molecule has 0 bridgehead atoms. The van der Waals surface area contributed by atoms with Crippen LogP contribution in [0, 0.1) is 10.1 Å². The number of aliphatic imine (C=N–C) groups is 1. The zero-order chi connectivity index (χ0) is 19.1. The molecule has 0 N–H and O–H groups in total. The molecule has 0 spiro atoms. The Bertz CT molecular complexity index is 1080. The lowest BCUT2D eigenvalue weighted by atomic mass is 10.2. The Morgan fingerprint density at radius 1 is 1.19 bits per heavy atom. The summed E-state index contributed by atoms with van der Waals surface area (Å²) < 4.78 is 4.67. The highest BCUT2D eigenvalue weighted by Gasteiger charge is 2.40. The lowest BCUT2D eigenvalue weighted by molar-refractivity contribution is -0.383. The van der Waals surface area contributed by atoms with Crippen molar-refractivity contribution in [3.8, 4) is 0 Å². The standard InChI is InChI=1S/C17H14N6O4/c1-10-14(17(24)22(21(10)2)11-6-4-3-5-7-11)18-16-13(23(25)26)9-8-12-15(16)20-27-19-12/h3-10H,1-2H3. The van der Waals surface area contributed by atoms with Crippen LogP contribution < -0.4 is 5.01 Å². The van der Waals surface area contributed by atoms with E-state index in [1.807, 2.05) is 18.2 Å². The number of hydrogen-bond acceptors (Lipinski definition) is 8. The van der Waals surface area contributed by atoms with E-state index in [1.165, 1.54) is 17.1 Å². The van der Waals surface area contributed by atoms with E-state index in [0.29, 0.717) is 11.2 Å². The number of fused-ring (bicyclic) bond motifs is 1. The van der Waals surface area contributed by atoms with Crippen LogP contribution in [0.1, 0.15) is 6.92 Å². The average molecular weight is 366 g/mol. The van der Waals surface area contributed by atoms with E-state index >= 15 is 0 Å². The van der Waals surface area contributed by atoms with E-state index in [-0.39, 0.29) is 28.5 Å². The van der Waals surface area contributed by atoms with Crippen LogP contribution in [0.3, 0.4) is 0 Å². The molecule has 0 aliphatic carbocycles. The molecule has 10 heteroatoms. The van der Waals surface area contributed by atoms with Crippen LogP contribution >= 0.6 is 0 Å². The molecule has 10 nitrogen and oxygen atoms in total. The van der Waals surface area contributed by atoms with Gasteiger partial charge in [-0.3, -0.25) is 14.9 Å². The summed E-state index contributed by atoms with van der Waals surface area (Å²) in [5.74, 6) is -0.362. The van der Waals surface area contributed by atoms with Crippen molar-refractivity contribution in [3.05, 3.63) is 52.6 Å². The summed E-state index contributed by atoms with van der Waals surface area (Å²) in [7, 11) is 1.75. The smallest absolute Gasteiger partial charge is 0.266 e. The number of benzene rings is 2. The minimum Gasteiger partial charge on any atom is -0.266 e. The molecule has 1 unspecified atom stereocenters. The first-order valence-corrected chi connectivity index (χ1v) is 8.09. The lowest BCUT2D eigenvalue weighted by Gasteiger charge is -2.25. The van der Waals surface area contributed by atoms with Gasteiger partial charge < -0.3 is 0 Å². The highest BCUT2D eigenvalue weighted by molar-refractivity contribution is 6.47. The highest BCUT2D eigenvalue weighted by Crippen LogP contribution is 2.35. The number of nitro benzene ring substituents is 1. The fourth-order valence-corrected chi connectivity index (χ4v) is 3.00. The van der Waals surface area contributed by atoms with Crippen LogP contribution in [0.15, 0.2) is 52.1 Å². The van der Waals surface area contributed by atoms with Crippen molar-refractivity contribution in [1.29, 1.82) is 0 Å². The second kappa shape index (κ2) is 6.25. The van der Waals surface area contributed by atoms with E-state index in [9.17, 15) is 14.9 Å². The first kappa shape index (κ1) is 16.8. The zero-order valence-corrected chi connectivity index (χ0v) is 14.4. The van der Waals surface area contributed by atoms with Crippen LogP contribution in [0.25, 0.3) is 11.0 Å². The van der Waals surface area contributed by atoms with Crippen molar-refractivity contribution in [3.63, 3.8) is 0 Å². The summed E-state index contributed by atoms with van der Waals surface area (Å²) in [6.45, 7) is 1.80. The summed E-state index contributed by atoms with van der Waals surface area (Å²) in [5.41, 5.74) is 0.991. The van der Waals surface area contributed by atoms with Gasteiger partial charge in [-0.25, -0.2) is 19.6 Å². The summed E-state index contributed by atoms with van der Waals surface area (Å²) in [4.78, 5) is 28.2. The predicted octanol–water partition coefficient (Wildman–Crippen LogP) is 2.49. The fourth-order valence-electron chi connectivity index (χ4n) is 3.00. The van der Waals surface area contributed by atoms with E-state index in [0.717, 1.165) is 0 Å². The number of nitro groups is 1. The number of anilines is 1. The van der Waals surface area contributed by atoms with Gasteiger partial charge in [0, 0.05) is 13.1 Å². The van der Waals surface area contributed by atoms with E-state index in [1.54, 1.807) is 31.1 Å². The molecule has 3 aromatic rings. The van der Waals surface area contributed by atoms with Gasteiger partial charge in [-0.2, -0.15) is 0 Å². The quantitative estimate of drug-likeness (QED) is 0.516. The molecule has 2 aromatic carbocycles. The van der Waals surface area contributed by atoms with Crippen LogP contribution in [0.4, 0.5) is 17.1 Å². The third-order valence-electron chi connectivity index (χ3n) is 4.49. The van der Waals surface area contributed by atoms with Crippen molar-refractivity contribution in [1.82, 2.24) is 15.3 Å². The number of nitrogens with zero attached hydrogens (tertiary/aromatic N) is 6. The molecule has 27 heavy (non-hydrogen) atoms. The number of hydrogen-bond donors (Lipinski definition) is 0. The van der Waals surface area contributed by atoms with Gasteiger partial charge in [0.05, 0.1) is 16.7 Å². The molecule has 0 radical (unpaired) electrons. The van der Waals surface area contributed by atoms with Crippen LogP contribution in [0.2, 0.25) is 0 Å². The van der Waals surface area contributed by atoms with E-state index < -0.39 is 11.0 Å². The Hall–Kier alpha value is -3.66. The third-order valence-corrected chi connectivity index (χ3v) is 4.49. The Labute approximate surface area is 152 Å². The molecule has 1 aromatic heterocycles. The monoisotopic (exact) mass is 366 g/mol. The number of rotatable bonds is 3. The Balaban J connectivity index is 1.86. The van der Waals surface area contributed by atoms with Crippen LogP contribution in [-0.4, -0.2) is 45.0 Å². The molecule has 1 aliphatic rings. The topological polar surface area (TPSA) is 118 Å². The molecule has 4 rings (SSSR count). The molecule has 1 fully saturated rings. The minimum absolute atomic E-state index is 0.0442. The summed E-state index contributed by atoms with van der Waals surface area (Å²) >= 11 is 0. The SMILES string of the molecule is CC1C(=Nc2c([N+](=O)[O-])ccc3nonc23)C(=O)N(c2ccccc2)N1C. The molecular weight excluding hydrogens is 352 g/mol. The minimum atomic E-state index is -0.573. The van der Waals surface area contributed by atoms with E-state index in [4.69, 9.17) is 0 Å². The Morgan fingerprint density at radius 2 is 1.93 bits per heavy atom. The Kier molecular flexibility index (Phi) is 3.89. The maximum Gasteiger partial charge on any atom is 0.297 e. The lowest BCUT2D eigenvalue weighted by Crippen LogP contribution is -2.38. The van der Waals surface area contributed by atoms with Gasteiger partial charge in [0.15, 0.2) is 11.2 Å². The Morgan fingerprint density at radius 3 is 2.63 bits per heavy atom. The van der Waals surface area contributed by atoms with Gasteiger partial charge in [0.25, 0.3) is 11.6 Å². The molecule has 1 aliphatic heterocycles. The first-order chi connectivity index (χ1) is 13.0. The largest absolute Gasteiger partial charge is 0.297 e. The molecule has 1 saturated heterocycles. The maximum atomic E-state index is 13.0. The van der Waals surface area contributed by atoms with Crippen molar-refractivity contribution >= 4 is 39.7 Å². The summed E-state index contributed by atoms with van der Waals surface area (Å²) in [6.07, 6.45) is 0. The van der Waals surface area contributed by atoms with Crippen LogP contribution in [-0.2, 0) is 4.79 Å². The predicted molar refractivity (Wildman–Crippen MR) is 96.7 cm³/mol. The average Bonchev–Trinajstić information content (AvgIpc) is 3.22. The van der Waals surface area contributed by atoms with Gasteiger partial charge in [-0.1, -0.05) is 18.2 Å². The van der Waals surface area contributed by atoms with Gasteiger partial charge in [-0.05, 0) is 35.4 Å². The number of carbonyl (C=O) groups is 1. The molecule has 1 atom stereocenters. The molecule has 1 amide bonds. The highest BCUT2D eigenvalue weighted by atomic mass is 16.6. The maximum absolute atomic E-state index is 13.0. The second-order valence-electron chi connectivity index (χ2n) is 6.02. The van der Waals surface area contributed by atoms with Gasteiger partial charge in [-0.15, -0.1) is 0 Å². The van der Waals surface area contributed by atoms with Crippen molar-refractivity contribution in [2.45, 2.75) is 13.0 Å².